The van der Waals surface area contributed by atoms with Crippen LogP contribution >= 0.6 is 12.6 Å². The minimum atomic E-state index is -4.71. The standard InChI is InChI=1S/C7H3F3N4O2S/c8-7(9,10)2-1-3(17)11-6-12-4(5(15)16)13-14(2)6/h1H,(H,15,16)(H,11,12,13,17). The predicted octanol–water partition coefficient (Wildman–Crippen LogP) is 1.13. The molecule has 0 spiro atoms. The smallest absolute Gasteiger partial charge is 0.433 e. The molecule has 0 saturated heterocycles. The molecule has 0 amide bonds. The Morgan fingerprint density at radius 1 is 1.41 bits per heavy atom. The van der Waals surface area contributed by atoms with Crippen LogP contribution < -0.4 is 0 Å². The molecule has 0 saturated carbocycles. The summed E-state index contributed by atoms with van der Waals surface area (Å²) in [7, 11) is 0. The molecule has 0 aliphatic carbocycles. The molecular formula is C7H3F3N4O2S. The van der Waals surface area contributed by atoms with Crippen LogP contribution in [0.3, 0.4) is 0 Å². The van der Waals surface area contributed by atoms with Crippen LogP contribution in [-0.4, -0.2) is 30.7 Å². The van der Waals surface area contributed by atoms with Crippen molar-refractivity contribution in [3.63, 3.8) is 0 Å². The fourth-order valence-corrected chi connectivity index (χ4v) is 1.36. The number of carboxylic acids is 1. The van der Waals surface area contributed by atoms with E-state index in [1.807, 2.05) is 0 Å². The lowest BCUT2D eigenvalue weighted by molar-refractivity contribution is -0.142. The Bertz CT molecular complexity index is 609. The number of nitrogens with zero attached hydrogens (tertiary/aromatic N) is 4. The van der Waals surface area contributed by atoms with E-state index in [4.69, 9.17) is 5.11 Å². The number of carbonyl (C=O) groups is 1. The first-order valence-electron chi connectivity index (χ1n) is 4.06. The molecule has 1 N–H and O–H groups in total. The molecule has 0 bridgehead atoms. The van der Waals surface area contributed by atoms with Crippen molar-refractivity contribution in [3.05, 3.63) is 17.6 Å². The maximum absolute atomic E-state index is 12.6. The second kappa shape index (κ2) is 3.58. The van der Waals surface area contributed by atoms with Gasteiger partial charge in [0.25, 0.3) is 11.6 Å². The summed E-state index contributed by atoms with van der Waals surface area (Å²) in [5.74, 6) is -2.77. The highest BCUT2D eigenvalue weighted by molar-refractivity contribution is 7.80. The number of hydrogen-bond donors (Lipinski definition) is 2. The van der Waals surface area contributed by atoms with E-state index in [0.29, 0.717) is 10.6 Å². The van der Waals surface area contributed by atoms with Gasteiger partial charge >= 0.3 is 12.1 Å². The van der Waals surface area contributed by atoms with Gasteiger partial charge in [0.05, 0.1) is 5.03 Å². The molecule has 0 unspecified atom stereocenters. The van der Waals surface area contributed by atoms with Crippen molar-refractivity contribution < 1.29 is 23.1 Å². The average Bonchev–Trinajstić information content (AvgIpc) is 2.58. The molecule has 90 valence electrons. The molecule has 2 heterocycles. The van der Waals surface area contributed by atoms with Crippen LogP contribution in [0.5, 0.6) is 0 Å². The highest BCUT2D eigenvalue weighted by Crippen LogP contribution is 2.30. The summed E-state index contributed by atoms with van der Waals surface area (Å²) in [5, 5.41) is 11.6. The second-order valence-corrected chi connectivity index (χ2v) is 3.41. The summed E-state index contributed by atoms with van der Waals surface area (Å²) >= 11 is 3.68. The third-order valence-electron chi connectivity index (χ3n) is 1.78. The molecule has 2 aromatic rings. The lowest BCUT2D eigenvalue weighted by atomic mass is 10.4. The van der Waals surface area contributed by atoms with Crippen molar-refractivity contribution in [2.75, 3.05) is 0 Å². The second-order valence-electron chi connectivity index (χ2n) is 2.95. The molecule has 6 nitrogen and oxygen atoms in total. The van der Waals surface area contributed by atoms with E-state index in [2.05, 4.69) is 27.7 Å². The lowest BCUT2D eigenvalue weighted by Gasteiger charge is -2.07. The Morgan fingerprint density at radius 3 is 2.59 bits per heavy atom. The maximum atomic E-state index is 12.6. The van der Waals surface area contributed by atoms with Crippen molar-refractivity contribution in [3.8, 4) is 0 Å². The molecule has 2 rings (SSSR count). The van der Waals surface area contributed by atoms with Crippen LogP contribution in [-0.2, 0) is 6.18 Å². The molecular weight excluding hydrogens is 261 g/mol. The number of thiol groups is 1. The SMILES string of the molecule is O=C(O)c1nc2nc(S)cc(C(F)(F)F)n2n1. The first kappa shape index (κ1) is 11.6. The number of rotatable bonds is 1. The first-order valence-corrected chi connectivity index (χ1v) is 4.51. The minimum absolute atomic E-state index is 0.228. The summed E-state index contributed by atoms with van der Waals surface area (Å²) in [6, 6.07) is 0.635. The van der Waals surface area contributed by atoms with Crippen molar-refractivity contribution in [1.82, 2.24) is 19.6 Å². The number of fused-ring (bicyclic) bond motifs is 1. The fraction of sp³-hybridized carbons (Fsp3) is 0.143. The Kier molecular flexibility index (Phi) is 2.45. The van der Waals surface area contributed by atoms with E-state index in [9.17, 15) is 18.0 Å². The largest absolute Gasteiger partial charge is 0.475 e. The average molecular weight is 264 g/mol. The fourth-order valence-electron chi connectivity index (χ4n) is 1.15. The zero-order chi connectivity index (χ0) is 12.8. The van der Waals surface area contributed by atoms with Crippen LogP contribution in [0.15, 0.2) is 11.1 Å². The maximum Gasteiger partial charge on any atom is 0.433 e. The van der Waals surface area contributed by atoms with E-state index in [-0.39, 0.29) is 5.03 Å². The van der Waals surface area contributed by atoms with E-state index >= 15 is 0 Å². The summed E-state index contributed by atoms with van der Waals surface area (Å²) in [5.41, 5.74) is -1.19. The van der Waals surface area contributed by atoms with Gasteiger partial charge in [-0.1, -0.05) is 0 Å². The third kappa shape index (κ3) is 2.02. The number of alkyl halides is 3. The number of halogens is 3. The van der Waals surface area contributed by atoms with Crippen LogP contribution in [0.4, 0.5) is 13.2 Å². The van der Waals surface area contributed by atoms with Gasteiger partial charge in [0, 0.05) is 6.07 Å². The minimum Gasteiger partial charge on any atom is -0.475 e. The molecule has 0 aliphatic rings. The normalized spacial score (nSPS) is 12.0. The number of aromatic carboxylic acids is 1. The van der Waals surface area contributed by atoms with Crippen molar-refractivity contribution in [1.29, 1.82) is 0 Å². The highest BCUT2D eigenvalue weighted by Gasteiger charge is 2.35. The zero-order valence-electron chi connectivity index (χ0n) is 7.80. The highest BCUT2D eigenvalue weighted by atomic mass is 32.1. The Hall–Kier alpha value is -1.84. The summed E-state index contributed by atoms with van der Waals surface area (Å²) in [4.78, 5) is 17.4. The van der Waals surface area contributed by atoms with Gasteiger partial charge in [0.15, 0.2) is 5.69 Å². The van der Waals surface area contributed by atoms with Crippen molar-refractivity contribution in [2.24, 2.45) is 0 Å². The van der Waals surface area contributed by atoms with Gasteiger partial charge in [-0.05, 0) is 0 Å². The van der Waals surface area contributed by atoms with Crippen LogP contribution in [0.25, 0.3) is 5.78 Å². The third-order valence-corrected chi connectivity index (χ3v) is 2.01. The molecule has 0 aliphatic heterocycles. The molecule has 10 heteroatoms. The van der Waals surface area contributed by atoms with Gasteiger partial charge in [-0.3, -0.25) is 0 Å². The van der Waals surface area contributed by atoms with Gasteiger partial charge in [-0.2, -0.15) is 22.7 Å². The summed E-state index contributed by atoms with van der Waals surface area (Å²) in [6.07, 6.45) is -4.71. The van der Waals surface area contributed by atoms with Crippen LogP contribution in [0, 0.1) is 0 Å². The Morgan fingerprint density at radius 2 is 2.06 bits per heavy atom. The van der Waals surface area contributed by atoms with Crippen molar-refractivity contribution >= 4 is 24.4 Å². The van der Waals surface area contributed by atoms with E-state index in [0.717, 1.165) is 0 Å². The number of hydrogen-bond acceptors (Lipinski definition) is 5. The van der Waals surface area contributed by atoms with Gasteiger partial charge < -0.3 is 5.11 Å². The Balaban J connectivity index is 2.79. The molecule has 0 radical (unpaired) electrons. The van der Waals surface area contributed by atoms with Gasteiger partial charge in [0.2, 0.25) is 0 Å². The first-order chi connectivity index (χ1) is 7.79. The van der Waals surface area contributed by atoms with Gasteiger partial charge in [-0.25, -0.2) is 9.78 Å². The predicted molar refractivity (Wildman–Crippen MR) is 50.0 cm³/mol. The van der Waals surface area contributed by atoms with E-state index in [1.165, 1.54) is 0 Å². The summed E-state index contributed by atoms with van der Waals surface area (Å²) in [6.45, 7) is 0. The quantitative estimate of drug-likeness (QED) is 0.596. The van der Waals surface area contributed by atoms with Crippen molar-refractivity contribution in [2.45, 2.75) is 11.2 Å². The van der Waals surface area contributed by atoms with E-state index in [1.54, 1.807) is 0 Å². The molecule has 0 atom stereocenters. The monoisotopic (exact) mass is 264 g/mol. The number of aromatic nitrogens is 4. The zero-order valence-corrected chi connectivity index (χ0v) is 8.70. The molecule has 0 fully saturated rings. The van der Waals surface area contributed by atoms with Gasteiger partial charge in [0.1, 0.15) is 0 Å². The van der Waals surface area contributed by atoms with E-state index < -0.39 is 29.4 Å². The van der Waals surface area contributed by atoms with Crippen LogP contribution in [0.2, 0.25) is 0 Å². The topological polar surface area (TPSA) is 80.4 Å². The van der Waals surface area contributed by atoms with Gasteiger partial charge in [-0.15, -0.1) is 17.7 Å². The van der Waals surface area contributed by atoms with Crippen LogP contribution in [0.1, 0.15) is 16.3 Å². The Labute approximate surface area is 96.5 Å². The summed E-state index contributed by atoms with van der Waals surface area (Å²) < 4.78 is 38.2. The lowest BCUT2D eigenvalue weighted by Crippen LogP contribution is -2.13. The molecule has 0 aromatic carbocycles. The molecule has 2 aromatic heterocycles. The number of carboxylic acid groups (broad SMARTS) is 1. The molecule has 17 heavy (non-hydrogen) atoms.